The van der Waals surface area contributed by atoms with Crippen molar-refractivity contribution in [2.75, 3.05) is 25.0 Å². The molecule has 1 aliphatic rings. The minimum atomic E-state index is -0.391. The topological polar surface area (TPSA) is 93.4 Å². The van der Waals surface area contributed by atoms with E-state index in [1.54, 1.807) is 24.3 Å². The second kappa shape index (κ2) is 6.58. The van der Waals surface area contributed by atoms with Crippen molar-refractivity contribution in [2.24, 2.45) is 11.1 Å². The van der Waals surface area contributed by atoms with Gasteiger partial charge in [-0.25, -0.2) is 0 Å². The maximum atomic E-state index is 12.2. The highest BCUT2D eigenvalue weighted by Crippen LogP contribution is 2.26. The fourth-order valence-electron chi connectivity index (χ4n) is 2.20. The predicted octanol–water partition coefficient (Wildman–Crippen LogP) is 0.879. The zero-order chi connectivity index (χ0) is 15.3. The van der Waals surface area contributed by atoms with Gasteiger partial charge in [0.1, 0.15) is 5.75 Å². The molecule has 21 heavy (non-hydrogen) atoms. The molecule has 0 aromatic heterocycles. The number of nitrogens with one attached hydrogen (secondary N) is 2. The molecule has 1 fully saturated rings. The lowest BCUT2D eigenvalue weighted by molar-refractivity contribution is -0.123. The molecule has 0 aliphatic carbocycles. The fraction of sp³-hybridized carbons (Fsp3) is 0.467. The van der Waals surface area contributed by atoms with E-state index in [1.807, 2.05) is 6.92 Å². The van der Waals surface area contributed by atoms with Crippen molar-refractivity contribution in [1.29, 1.82) is 0 Å². The molecule has 2 rings (SSSR count). The molecule has 1 heterocycles. The molecule has 0 spiro atoms. The Hall–Kier alpha value is -2.08. The van der Waals surface area contributed by atoms with Gasteiger partial charge in [-0.2, -0.15) is 0 Å². The summed E-state index contributed by atoms with van der Waals surface area (Å²) < 4.78 is 5.37. The average Bonchev–Trinajstić information content (AvgIpc) is 2.89. The zero-order valence-electron chi connectivity index (χ0n) is 12.1. The minimum absolute atomic E-state index is 0.0231. The van der Waals surface area contributed by atoms with Crippen LogP contribution in [0, 0.1) is 5.41 Å². The first-order valence-corrected chi connectivity index (χ1v) is 7.03. The van der Waals surface area contributed by atoms with Crippen molar-refractivity contribution in [1.82, 2.24) is 5.32 Å². The van der Waals surface area contributed by atoms with E-state index in [1.165, 1.54) is 0 Å². The van der Waals surface area contributed by atoms with Crippen LogP contribution in [-0.4, -0.2) is 31.5 Å². The number of rotatable bonds is 6. The Bertz CT molecular complexity index is 507. The Balaban J connectivity index is 1.87. The third-order valence-electron chi connectivity index (χ3n) is 3.65. The number of carbonyl (C=O) groups is 2. The van der Waals surface area contributed by atoms with Crippen molar-refractivity contribution in [2.45, 2.75) is 19.8 Å². The Labute approximate surface area is 124 Å². The van der Waals surface area contributed by atoms with E-state index in [-0.39, 0.29) is 24.3 Å². The second-order valence-corrected chi connectivity index (χ2v) is 5.53. The van der Waals surface area contributed by atoms with Gasteiger partial charge in [-0.1, -0.05) is 0 Å². The molecule has 2 amide bonds. The highest BCUT2D eigenvalue weighted by Gasteiger charge is 2.36. The average molecular weight is 291 g/mol. The van der Waals surface area contributed by atoms with Gasteiger partial charge in [-0.3, -0.25) is 9.59 Å². The monoisotopic (exact) mass is 291 g/mol. The highest BCUT2D eigenvalue weighted by atomic mass is 16.5. The first kappa shape index (κ1) is 15.3. The Morgan fingerprint density at radius 3 is 2.67 bits per heavy atom. The van der Waals surface area contributed by atoms with Crippen molar-refractivity contribution in [3.05, 3.63) is 24.3 Å². The molecular weight excluding hydrogens is 270 g/mol. The lowest BCUT2D eigenvalue weighted by Crippen LogP contribution is -2.35. The predicted molar refractivity (Wildman–Crippen MR) is 80.0 cm³/mol. The second-order valence-electron chi connectivity index (χ2n) is 5.53. The van der Waals surface area contributed by atoms with Gasteiger partial charge in [0.05, 0.1) is 18.4 Å². The quantitative estimate of drug-likeness (QED) is 0.725. The molecule has 1 atom stereocenters. The van der Waals surface area contributed by atoms with E-state index in [9.17, 15) is 9.59 Å². The minimum Gasteiger partial charge on any atom is -0.493 e. The van der Waals surface area contributed by atoms with E-state index in [0.717, 1.165) is 18.7 Å². The lowest BCUT2D eigenvalue weighted by Gasteiger charge is -2.21. The Kier molecular flexibility index (Phi) is 4.80. The highest BCUT2D eigenvalue weighted by molar-refractivity contribution is 5.95. The van der Waals surface area contributed by atoms with E-state index >= 15 is 0 Å². The number of anilines is 1. The van der Waals surface area contributed by atoms with E-state index in [4.69, 9.17) is 10.5 Å². The number of amides is 2. The smallest absolute Gasteiger partial charge is 0.231 e. The summed E-state index contributed by atoms with van der Waals surface area (Å²) in [5.41, 5.74) is 5.42. The third kappa shape index (κ3) is 4.19. The molecule has 1 unspecified atom stereocenters. The molecule has 1 aliphatic heterocycles. The summed E-state index contributed by atoms with van der Waals surface area (Å²) in [6.45, 7) is 3.79. The first-order valence-electron chi connectivity index (χ1n) is 7.03. The largest absolute Gasteiger partial charge is 0.493 e. The summed E-state index contributed by atoms with van der Waals surface area (Å²) in [5.74, 6) is 0.273. The number of ether oxygens (including phenoxy) is 1. The molecule has 0 bridgehead atoms. The molecule has 0 saturated carbocycles. The zero-order valence-corrected chi connectivity index (χ0v) is 12.1. The lowest BCUT2D eigenvalue weighted by atomic mass is 9.89. The summed E-state index contributed by atoms with van der Waals surface area (Å²) >= 11 is 0. The van der Waals surface area contributed by atoms with Crippen LogP contribution in [0.3, 0.4) is 0 Å². The molecule has 6 heteroatoms. The van der Waals surface area contributed by atoms with Gasteiger partial charge in [0, 0.05) is 12.2 Å². The maximum Gasteiger partial charge on any atom is 0.231 e. The van der Waals surface area contributed by atoms with Crippen LogP contribution in [-0.2, 0) is 9.59 Å². The van der Waals surface area contributed by atoms with Gasteiger partial charge in [0.2, 0.25) is 11.8 Å². The molecule has 6 nitrogen and oxygen atoms in total. The van der Waals surface area contributed by atoms with E-state index in [2.05, 4.69) is 10.6 Å². The summed E-state index contributed by atoms with van der Waals surface area (Å²) in [4.78, 5) is 22.8. The first-order chi connectivity index (χ1) is 9.99. The van der Waals surface area contributed by atoms with Gasteiger partial charge in [-0.15, -0.1) is 0 Å². The summed E-state index contributed by atoms with van der Waals surface area (Å²) in [7, 11) is 0. The van der Waals surface area contributed by atoms with Gasteiger partial charge >= 0.3 is 0 Å². The molecule has 1 saturated heterocycles. The number of nitrogens with two attached hydrogens (primary N) is 1. The number of primary amides is 1. The number of carbonyl (C=O) groups excluding carboxylic acids is 2. The molecule has 0 radical (unpaired) electrons. The number of hydrogen-bond acceptors (Lipinski definition) is 4. The van der Waals surface area contributed by atoms with Crippen LogP contribution in [0.5, 0.6) is 5.75 Å². The van der Waals surface area contributed by atoms with Crippen LogP contribution in [0.1, 0.15) is 19.8 Å². The molecule has 4 N–H and O–H groups in total. The van der Waals surface area contributed by atoms with Crippen molar-refractivity contribution >= 4 is 17.5 Å². The normalized spacial score (nSPS) is 21.0. The molecular formula is C15H21N3O3. The van der Waals surface area contributed by atoms with Crippen LogP contribution in [0.2, 0.25) is 0 Å². The molecule has 114 valence electrons. The van der Waals surface area contributed by atoms with E-state index in [0.29, 0.717) is 12.3 Å². The van der Waals surface area contributed by atoms with Crippen molar-refractivity contribution in [3.8, 4) is 5.75 Å². The SMILES string of the molecule is CC1(C(=O)Nc2ccc(OCCC(N)=O)cc2)CCNC1. The summed E-state index contributed by atoms with van der Waals surface area (Å²) in [6, 6.07) is 7.07. The van der Waals surface area contributed by atoms with Gasteiger partial charge in [0.25, 0.3) is 0 Å². The Morgan fingerprint density at radius 1 is 1.38 bits per heavy atom. The Morgan fingerprint density at radius 2 is 2.10 bits per heavy atom. The van der Waals surface area contributed by atoms with Crippen LogP contribution in [0.25, 0.3) is 0 Å². The van der Waals surface area contributed by atoms with Crippen LogP contribution >= 0.6 is 0 Å². The van der Waals surface area contributed by atoms with Crippen LogP contribution < -0.4 is 21.1 Å². The molecule has 1 aromatic rings. The fourth-order valence-corrected chi connectivity index (χ4v) is 2.20. The number of hydrogen-bond donors (Lipinski definition) is 3. The number of benzene rings is 1. The van der Waals surface area contributed by atoms with E-state index < -0.39 is 5.91 Å². The summed E-state index contributed by atoms with van der Waals surface area (Å²) in [5, 5.41) is 6.12. The van der Waals surface area contributed by atoms with Crippen LogP contribution in [0.15, 0.2) is 24.3 Å². The summed E-state index contributed by atoms with van der Waals surface area (Å²) in [6.07, 6.45) is 1.02. The van der Waals surface area contributed by atoms with Crippen molar-refractivity contribution in [3.63, 3.8) is 0 Å². The standard InChI is InChI=1S/C15H21N3O3/c1-15(7-8-17-10-15)14(20)18-11-2-4-12(5-3-11)21-9-6-13(16)19/h2-5,17H,6-10H2,1H3,(H2,16,19)(H,18,20). The molecule has 1 aromatic carbocycles. The van der Waals surface area contributed by atoms with Gasteiger partial charge in [0.15, 0.2) is 0 Å². The van der Waals surface area contributed by atoms with Crippen molar-refractivity contribution < 1.29 is 14.3 Å². The van der Waals surface area contributed by atoms with Crippen LogP contribution in [0.4, 0.5) is 5.69 Å². The maximum absolute atomic E-state index is 12.2. The third-order valence-corrected chi connectivity index (χ3v) is 3.65. The van der Waals surface area contributed by atoms with Gasteiger partial charge < -0.3 is 21.1 Å². The van der Waals surface area contributed by atoms with Gasteiger partial charge in [-0.05, 0) is 44.2 Å².